The van der Waals surface area contributed by atoms with Crippen molar-refractivity contribution in [2.24, 2.45) is 0 Å². The largest absolute Gasteiger partial charge is 0.481 e. The van der Waals surface area contributed by atoms with Crippen molar-refractivity contribution in [1.82, 2.24) is 5.32 Å². The number of nitrogens with one attached hydrogen (secondary N) is 2. The molecule has 0 aliphatic heterocycles. The van der Waals surface area contributed by atoms with Gasteiger partial charge in [0.15, 0.2) is 0 Å². The average molecular weight is 271 g/mol. The molecule has 3 N–H and O–H groups in total. The summed E-state index contributed by atoms with van der Waals surface area (Å²) >= 11 is 5.89. The fourth-order valence-electron chi connectivity index (χ4n) is 1.41. The molecule has 0 aliphatic rings. The molecule has 0 heterocycles. The van der Waals surface area contributed by atoms with Crippen LogP contribution in [0.25, 0.3) is 0 Å². The third-order valence-electron chi connectivity index (χ3n) is 2.37. The Balaban J connectivity index is 2.55. The maximum absolute atomic E-state index is 11.6. The summed E-state index contributed by atoms with van der Waals surface area (Å²) in [4.78, 5) is 22.2. The first-order valence-electron chi connectivity index (χ1n) is 5.56. The number of carbonyl (C=O) groups excluding carboxylic acids is 1. The zero-order valence-electron chi connectivity index (χ0n) is 9.94. The molecule has 0 spiro atoms. The number of benzene rings is 1. The van der Waals surface area contributed by atoms with Gasteiger partial charge in [-0.25, -0.2) is 4.79 Å². The van der Waals surface area contributed by atoms with Crippen molar-refractivity contribution in [3.05, 3.63) is 29.3 Å². The number of para-hydroxylation sites is 1. The van der Waals surface area contributed by atoms with Gasteiger partial charge in [-0.1, -0.05) is 30.7 Å². The minimum Gasteiger partial charge on any atom is -0.481 e. The van der Waals surface area contributed by atoms with Crippen molar-refractivity contribution >= 4 is 29.3 Å². The van der Waals surface area contributed by atoms with Crippen LogP contribution in [-0.4, -0.2) is 23.1 Å². The molecule has 5 nitrogen and oxygen atoms in total. The highest BCUT2D eigenvalue weighted by molar-refractivity contribution is 6.33. The van der Waals surface area contributed by atoms with Gasteiger partial charge < -0.3 is 15.7 Å². The Kier molecular flexibility index (Phi) is 5.45. The predicted molar refractivity (Wildman–Crippen MR) is 69.9 cm³/mol. The minimum absolute atomic E-state index is 0.105. The molecule has 1 aromatic rings. The third-order valence-corrected chi connectivity index (χ3v) is 2.70. The van der Waals surface area contributed by atoms with E-state index >= 15 is 0 Å². The Hall–Kier alpha value is -1.75. The number of aliphatic carboxylic acids is 1. The molecule has 0 aromatic heterocycles. The van der Waals surface area contributed by atoms with Crippen LogP contribution in [0.2, 0.25) is 5.02 Å². The second-order valence-electron chi connectivity index (χ2n) is 3.78. The van der Waals surface area contributed by atoms with Crippen molar-refractivity contribution in [1.29, 1.82) is 0 Å². The zero-order valence-corrected chi connectivity index (χ0v) is 10.7. The maximum Gasteiger partial charge on any atom is 0.319 e. The van der Waals surface area contributed by atoms with Gasteiger partial charge in [0.25, 0.3) is 0 Å². The quantitative estimate of drug-likeness (QED) is 0.770. The van der Waals surface area contributed by atoms with Crippen LogP contribution in [0, 0.1) is 0 Å². The summed E-state index contributed by atoms with van der Waals surface area (Å²) in [6.07, 6.45) is 0.439. The summed E-state index contributed by atoms with van der Waals surface area (Å²) in [5.41, 5.74) is 0.488. The lowest BCUT2D eigenvalue weighted by Crippen LogP contribution is -2.38. The number of amides is 2. The summed E-state index contributed by atoms with van der Waals surface area (Å²) in [6.45, 7) is 1.81. The molecule has 18 heavy (non-hydrogen) atoms. The summed E-state index contributed by atoms with van der Waals surface area (Å²) < 4.78 is 0. The van der Waals surface area contributed by atoms with Gasteiger partial charge in [-0.2, -0.15) is 0 Å². The topological polar surface area (TPSA) is 78.4 Å². The molecule has 0 radical (unpaired) electrons. The molecule has 98 valence electrons. The predicted octanol–water partition coefficient (Wildman–Crippen LogP) is 2.71. The Bertz CT molecular complexity index is 437. The SMILES string of the molecule is CCC(CC(=O)O)NC(=O)Nc1ccccc1Cl. The van der Waals surface area contributed by atoms with Crippen LogP contribution in [0.3, 0.4) is 0 Å². The third kappa shape index (κ3) is 4.63. The van der Waals surface area contributed by atoms with E-state index in [-0.39, 0.29) is 6.42 Å². The molecule has 6 heteroatoms. The van der Waals surface area contributed by atoms with Crippen molar-refractivity contribution in [2.75, 3.05) is 5.32 Å². The van der Waals surface area contributed by atoms with E-state index in [1.807, 2.05) is 6.92 Å². The van der Waals surface area contributed by atoms with Crippen LogP contribution >= 0.6 is 11.6 Å². The molecule has 0 fully saturated rings. The highest BCUT2D eigenvalue weighted by Crippen LogP contribution is 2.20. The Morgan fingerprint density at radius 3 is 2.61 bits per heavy atom. The van der Waals surface area contributed by atoms with Crippen molar-refractivity contribution in [3.8, 4) is 0 Å². The average Bonchev–Trinajstić information content (AvgIpc) is 2.30. The number of carboxylic acid groups (broad SMARTS) is 1. The first-order valence-corrected chi connectivity index (χ1v) is 5.94. The Morgan fingerprint density at radius 1 is 1.39 bits per heavy atom. The summed E-state index contributed by atoms with van der Waals surface area (Å²) in [6, 6.07) is 5.97. The van der Waals surface area contributed by atoms with Gasteiger partial charge in [0.05, 0.1) is 17.1 Å². The van der Waals surface area contributed by atoms with E-state index < -0.39 is 18.0 Å². The van der Waals surface area contributed by atoms with Crippen LogP contribution in [0.1, 0.15) is 19.8 Å². The van der Waals surface area contributed by atoms with E-state index in [1.165, 1.54) is 0 Å². The lowest BCUT2D eigenvalue weighted by Gasteiger charge is -2.15. The smallest absolute Gasteiger partial charge is 0.319 e. The van der Waals surface area contributed by atoms with E-state index in [1.54, 1.807) is 24.3 Å². The number of carbonyl (C=O) groups is 2. The number of hydrogen-bond acceptors (Lipinski definition) is 2. The maximum atomic E-state index is 11.6. The highest BCUT2D eigenvalue weighted by atomic mass is 35.5. The molecule has 0 saturated heterocycles. The summed E-state index contributed by atoms with van der Waals surface area (Å²) in [5, 5.41) is 14.3. The van der Waals surface area contributed by atoms with E-state index in [4.69, 9.17) is 16.7 Å². The van der Waals surface area contributed by atoms with Crippen molar-refractivity contribution in [2.45, 2.75) is 25.8 Å². The lowest BCUT2D eigenvalue weighted by molar-refractivity contribution is -0.137. The van der Waals surface area contributed by atoms with Crippen LogP contribution in [0.5, 0.6) is 0 Å². The van der Waals surface area contributed by atoms with Gasteiger partial charge in [0.1, 0.15) is 0 Å². The molecule has 0 aliphatic carbocycles. The second-order valence-corrected chi connectivity index (χ2v) is 4.19. The molecule has 1 atom stereocenters. The first kappa shape index (κ1) is 14.3. The molecule has 1 rings (SSSR count). The Morgan fingerprint density at radius 2 is 2.06 bits per heavy atom. The number of rotatable bonds is 5. The molecule has 2 amide bonds. The van der Waals surface area contributed by atoms with Gasteiger partial charge in [-0.15, -0.1) is 0 Å². The van der Waals surface area contributed by atoms with Gasteiger partial charge in [-0.3, -0.25) is 4.79 Å². The van der Waals surface area contributed by atoms with E-state index in [0.717, 1.165) is 0 Å². The Labute approximate surface area is 110 Å². The van der Waals surface area contributed by atoms with E-state index in [2.05, 4.69) is 10.6 Å². The molecule has 0 bridgehead atoms. The second kappa shape index (κ2) is 6.86. The van der Waals surface area contributed by atoms with Gasteiger partial charge in [-0.05, 0) is 18.6 Å². The molecule has 1 aromatic carbocycles. The van der Waals surface area contributed by atoms with Crippen LogP contribution in [-0.2, 0) is 4.79 Å². The molecular weight excluding hydrogens is 256 g/mol. The van der Waals surface area contributed by atoms with Gasteiger partial charge >= 0.3 is 12.0 Å². The van der Waals surface area contributed by atoms with Gasteiger partial charge in [0.2, 0.25) is 0 Å². The fourth-order valence-corrected chi connectivity index (χ4v) is 1.60. The monoisotopic (exact) mass is 270 g/mol. The highest BCUT2D eigenvalue weighted by Gasteiger charge is 2.14. The van der Waals surface area contributed by atoms with E-state index in [0.29, 0.717) is 17.1 Å². The number of halogens is 1. The number of carboxylic acids is 1. The normalized spacial score (nSPS) is 11.7. The first-order chi connectivity index (χ1) is 8.52. The van der Waals surface area contributed by atoms with Crippen LogP contribution in [0.15, 0.2) is 24.3 Å². The van der Waals surface area contributed by atoms with E-state index in [9.17, 15) is 9.59 Å². The summed E-state index contributed by atoms with van der Waals surface area (Å²) in [5.74, 6) is -0.945. The minimum atomic E-state index is -0.945. The standard InChI is InChI=1S/C12H15ClN2O3/c1-2-8(7-11(16)17)14-12(18)15-10-6-4-3-5-9(10)13/h3-6,8H,2,7H2,1H3,(H,16,17)(H2,14,15,18). The summed E-state index contributed by atoms with van der Waals surface area (Å²) in [7, 11) is 0. The number of hydrogen-bond donors (Lipinski definition) is 3. The molecule has 0 saturated carbocycles. The number of anilines is 1. The number of urea groups is 1. The van der Waals surface area contributed by atoms with Crippen LogP contribution < -0.4 is 10.6 Å². The molecular formula is C12H15ClN2O3. The zero-order chi connectivity index (χ0) is 13.5. The fraction of sp³-hybridized carbons (Fsp3) is 0.333. The van der Waals surface area contributed by atoms with Crippen molar-refractivity contribution < 1.29 is 14.7 Å². The van der Waals surface area contributed by atoms with Crippen LogP contribution in [0.4, 0.5) is 10.5 Å². The molecule has 1 unspecified atom stereocenters. The van der Waals surface area contributed by atoms with Crippen molar-refractivity contribution in [3.63, 3.8) is 0 Å². The van der Waals surface area contributed by atoms with Gasteiger partial charge in [0, 0.05) is 6.04 Å². The lowest BCUT2D eigenvalue weighted by atomic mass is 10.1.